The Bertz CT molecular complexity index is 412. The maximum absolute atomic E-state index is 10.6. The van der Waals surface area contributed by atoms with Gasteiger partial charge < -0.3 is 5.32 Å². The van der Waals surface area contributed by atoms with E-state index in [1.165, 1.54) is 12.8 Å². The molecular formula is C14H20N2O2. The third kappa shape index (κ3) is 3.29. The Hall–Kier alpha value is -1.42. The van der Waals surface area contributed by atoms with Crippen molar-refractivity contribution in [2.45, 2.75) is 32.7 Å². The number of nitrogens with zero attached hydrogens (tertiary/aromatic N) is 1. The maximum Gasteiger partial charge on any atom is 0.269 e. The van der Waals surface area contributed by atoms with Crippen molar-refractivity contribution in [2.75, 3.05) is 6.54 Å². The summed E-state index contributed by atoms with van der Waals surface area (Å²) in [5.74, 6) is 1.63. The van der Waals surface area contributed by atoms with E-state index in [0.29, 0.717) is 0 Å². The molecular weight excluding hydrogens is 228 g/mol. The maximum atomic E-state index is 10.6. The van der Waals surface area contributed by atoms with Crippen LogP contribution in [0.4, 0.5) is 5.69 Å². The molecule has 1 N–H and O–H groups in total. The summed E-state index contributed by atoms with van der Waals surface area (Å²) in [5.41, 5.74) is 1.25. The van der Waals surface area contributed by atoms with Crippen LogP contribution in [0.2, 0.25) is 0 Å². The number of non-ortho nitro benzene ring substituents is 1. The summed E-state index contributed by atoms with van der Waals surface area (Å²) in [7, 11) is 0. The van der Waals surface area contributed by atoms with Crippen molar-refractivity contribution >= 4 is 5.69 Å². The van der Waals surface area contributed by atoms with Crippen molar-refractivity contribution in [3.63, 3.8) is 0 Å². The van der Waals surface area contributed by atoms with E-state index in [2.05, 4.69) is 19.2 Å². The summed E-state index contributed by atoms with van der Waals surface area (Å²) in [4.78, 5) is 10.2. The van der Waals surface area contributed by atoms with E-state index in [0.717, 1.165) is 23.9 Å². The molecule has 1 aliphatic rings. The molecule has 18 heavy (non-hydrogen) atoms. The van der Waals surface area contributed by atoms with E-state index in [1.807, 2.05) is 12.1 Å². The first-order valence-electron chi connectivity index (χ1n) is 6.55. The van der Waals surface area contributed by atoms with Crippen LogP contribution in [0.1, 0.15) is 38.3 Å². The second-order valence-electron chi connectivity index (χ2n) is 5.29. The first-order chi connectivity index (χ1) is 8.58. The summed E-state index contributed by atoms with van der Waals surface area (Å²) >= 11 is 0. The van der Waals surface area contributed by atoms with Crippen LogP contribution in [-0.2, 0) is 0 Å². The van der Waals surface area contributed by atoms with E-state index >= 15 is 0 Å². The Morgan fingerprint density at radius 3 is 2.44 bits per heavy atom. The third-order valence-corrected chi connectivity index (χ3v) is 3.78. The van der Waals surface area contributed by atoms with E-state index in [4.69, 9.17) is 0 Å². The zero-order valence-electron chi connectivity index (χ0n) is 10.9. The summed E-state index contributed by atoms with van der Waals surface area (Å²) in [6.07, 6.45) is 2.74. The molecule has 1 saturated carbocycles. The molecule has 4 heteroatoms. The molecule has 0 saturated heterocycles. The van der Waals surface area contributed by atoms with Gasteiger partial charge in [0.2, 0.25) is 0 Å². The molecule has 4 nitrogen and oxygen atoms in total. The van der Waals surface area contributed by atoms with Crippen molar-refractivity contribution in [3.05, 3.63) is 39.9 Å². The summed E-state index contributed by atoms with van der Waals surface area (Å²) in [6, 6.07) is 7.04. The molecule has 1 aromatic rings. The average molecular weight is 248 g/mol. The van der Waals surface area contributed by atoms with Gasteiger partial charge in [0, 0.05) is 18.2 Å². The zero-order valence-corrected chi connectivity index (χ0v) is 10.9. The molecule has 0 spiro atoms. The molecule has 0 aromatic heterocycles. The Balaban J connectivity index is 1.87. The lowest BCUT2D eigenvalue weighted by Crippen LogP contribution is -2.25. The molecule has 0 amide bonds. The number of nitrogens with one attached hydrogen (secondary N) is 1. The minimum Gasteiger partial charge on any atom is -0.310 e. The highest BCUT2D eigenvalue weighted by atomic mass is 16.6. The van der Waals surface area contributed by atoms with E-state index in [-0.39, 0.29) is 16.7 Å². The largest absolute Gasteiger partial charge is 0.310 e. The van der Waals surface area contributed by atoms with Gasteiger partial charge in [0.15, 0.2) is 0 Å². The SMILES string of the molecule is CC(NCC(C)C1CC1)c1ccc([N+](=O)[O-])cc1. The van der Waals surface area contributed by atoms with Crippen LogP contribution in [0.15, 0.2) is 24.3 Å². The van der Waals surface area contributed by atoms with Crippen LogP contribution < -0.4 is 5.32 Å². The molecule has 1 aromatic carbocycles. The lowest BCUT2D eigenvalue weighted by atomic mass is 10.0. The van der Waals surface area contributed by atoms with E-state index < -0.39 is 0 Å². The fraction of sp³-hybridized carbons (Fsp3) is 0.571. The van der Waals surface area contributed by atoms with Crippen molar-refractivity contribution in [3.8, 4) is 0 Å². The molecule has 2 unspecified atom stereocenters. The van der Waals surface area contributed by atoms with Gasteiger partial charge in [-0.05, 0) is 43.7 Å². The highest BCUT2D eigenvalue weighted by Crippen LogP contribution is 2.36. The van der Waals surface area contributed by atoms with Crippen molar-refractivity contribution in [1.82, 2.24) is 5.32 Å². The Morgan fingerprint density at radius 2 is 1.94 bits per heavy atom. The van der Waals surface area contributed by atoms with Gasteiger partial charge >= 0.3 is 0 Å². The quantitative estimate of drug-likeness (QED) is 0.620. The predicted octanol–water partition coefficient (Wildman–Crippen LogP) is 3.29. The summed E-state index contributed by atoms with van der Waals surface area (Å²) in [6.45, 7) is 5.40. The number of hydrogen-bond donors (Lipinski definition) is 1. The molecule has 0 heterocycles. The number of hydrogen-bond acceptors (Lipinski definition) is 3. The smallest absolute Gasteiger partial charge is 0.269 e. The Morgan fingerprint density at radius 1 is 1.33 bits per heavy atom. The van der Waals surface area contributed by atoms with Crippen LogP contribution in [-0.4, -0.2) is 11.5 Å². The average Bonchev–Trinajstić information content (AvgIpc) is 3.20. The van der Waals surface area contributed by atoms with Gasteiger partial charge in [0.25, 0.3) is 5.69 Å². The van der Waals surface area contributed by atoms with Crippen LogP contribution in [0, 0.1) is 22.0 Å². The fourth-order valence-corrected chi connectivity index (χ4v) is 2.20. The third-order valence-electron chi connectivity index (χ3n) is 3.78. The highest BCUT2D eigenvalue weighted by molar-refractivity contribution is 5.34. The number of nitro benzene ring substituents is 1. The first kappa shape index (κ1) is 13.0. The summed E-state index contributed by atoms with van der Waals surface area (Å²) < 4.78 is 0. The van der Waals surface area contributed by atoms with Gasteiger partial charge in [0.05, 0.1) is 4.92 Å². The minimum atomic E-state index is -0.364. The molecule has 98 valence electrons. The van der Waals surface area contributed by atoms with Crippen LogP contribution >= 0.6 is 0 Å². The normalized spacial score (nSPS) is 18.3. The standard InChI is InChI=1S/C14H20N2O2/c1-10(12-3-4-12)9-15-11(2)13-5-7-14(8-6-13)16(17)18/h5-8,10-12,15H,3-4,9H2,1-2H3. The van der Waals surface area contributed by atoms with Crippen LogP contribution in [0.3, 0.4) is 0 Å². The Kier molecular flexibility index (Phi) is 3.97. The second kappa shape index (κ2) is 5.48. The molecule has 0 radical (unpaired) electrons. The monoisotopic (exact) mass is 248 g/mol. The highest BCUT2D eigenvalue weighted by Gasteiger charge is 2.27. The molecule has 0 bridgehead atoms. The topological polar surface area (TPSA) is 55.2 Å². The van der Waals surface area contributed by atoms with Crippen molar-refractivity contribution in [2.24, 2.45) is 11.8 Å². The van der Waals surface area contributed by atoms with Gasteiger partial charge in [-0.1, -0.05) is 19.1 Å². The van der Waals surface area contributed by atoms with Crippen molar-refractivity contribution in [1.29, 1.82) is 0 Å². The van der Waals surface area contributed by atoms with E-state index in [9.17, 15) is 10.1 Å². The zero-order chi connectivity index (χ0) is 13.1. The first-order valence-corrected chi connectivity index (χ1v) is 6.55. The van der Waals surface area contributed by atoms with E-state index in [1.54, 1.807) is 12.1 Å². The number of nitro groups is 1. The molecule has 1 aliphatic carbocycles. The van der Waals surface area contributed by atoms with Gasteiger partial charge in [0.1, 0.15) is 0 Å². The molecule has 2 atom stereocenters. The lowest BCUT2D eigenvalue weighted by Gasteiger charge is -2.17. The van der Waals surface area contributed by atoms with Gasteiger partial charge in [-0.3, -0.25) is 10.1 Å². The van der Waals surface area contributed by atoms with Crippen LogP contribution in [0.5, 0.6) is 0 Å². The minimum absolute atomic E-state index is 0.150. The van der Waals surface area contributed by atoms with Gasteiger partial charge in [-0.15, -0.1) is 0 Å². The predicted molar refractivity (Wildman–Crippen MR) is 71.4 cm³/mol. The van der Waals surface area contributed by atoms with Gasteiger partial charge in [-0.2, -0.15) is 0 Å². The van der Waals surface area contributed by atoms with Crippen LogP contribution in [0.25, 0.3) is 0 Å². The molecule has 0 aliphatic heterocycles. The number of benzene rings is 1. The lowest BCUT2D eigenvalue weighted by molar-refractivity contribution is -0.384. The fourth-order valence-electron chi connectivity index (χ4n) is 2.20. The second-order valence-corrected chi connectivity index (χ2v) is 5.29. The Labute approximate surface area is 108 Å². The van der Waals surface area contributed by atoms with Gasteiger partial charge in [-0.25, -0.2) is 0 Å². The number of rotatable bonds is 6. The summed E-state index contributed by atoms with van der Waals surface area (Å²) in [5, 5.41) is 14.1. The molecule has 1 fully saturated rings. The molecule has 2 rings (SSSR count). The van der Waals surface area contributed by atoms with Crippen molar-refractivity contribution < 1.29 is 4.92 Å².